The van der Waals surface area contributed by atoms with E-state index in [-0.39, 0.29) is 5.82 Å². The van der Waals surface area contributed by atoms with Crippen LogP contribution in [0, 0.1) is 23.1 Å². The highest BCUT2D eigenvalue weighted by Gasteiger charge is 2.14. The zero-order valence-corrected chi connectivity index (χ0v) is 12.0. The van der Waals surface area contributed by atoms with Gasteiger partial charge in [0.15, 0.2) is 0 Å². The number of nitriles is 1. The Morgan fingerprint density at radius 1 is 1.40 bits per heavy atom. The Labute approximate surface area is 120 Å². The summed E-state index contributed by atoms with van der Waals surface area (Å²) in [5.41, 5.74) is 1.28. The lowest BCUT2D eigenvalue weighted by Gasteiger charge is -2.20. The number of hydrogen-bond acceptors (Lipinski definition) is 3. The molecule has 0 spiro atoms. The van der Waals surface area contributed by atoms with Crippen molar-refractivity contribution in [3.8, 4) is 6.07 Å². The van der Waals surface area contributed by atoms with Crippen LogP contribution in [0.5, 0.6) is 0 Å². The normalized spacial score (nSPS) is 17.1. The number of nitrogens with one attached hydrogen (secondary N) is 1. The first-order valence-corrected chi connectivity index (χ1v) is 7.30. The van der Waals surface area contributed by atoms with Crippen LogP contribution in [-0.4, -0.2) is 31.1 Å². The van der Waals surface area contributed by atoms with Crippen molar-refractivity contribution in [2.24, 2.45) is 5.92 Å². The van der Waals surface area contributed by atoms with Crippen LogP contribution in [0.2, 0.25) is 0 Å². The molecule has 1 heterocycles. The Morgan fingerprint density at radius 2 is 2.15 bits per heavy atom. The third-order valence-corrected chi connectivity index (χ3v) is 3.76. The highest BCUT2D eigenvalue weighted by atomic mass is 19.1. The largest absolute Gasteiger partial charge is 0.312 e. The Kier molecular flexibility index (Phi) is 5.51. The van der Waals surface area contributed by atoms with Crippen LogP contribution in [0.1, 0.15) is 30.9 Å². The molecule has 1 aliphatic heterocycles. The minimum atomic E-state index is -0.286. The van der Waals surface area contributed by atoms with Crippen molar-refractivity contribution < 1.29 is 4.39 Å². The van der Waals surface area contributed by atoms with E-state index in [0.29, 0.717) is 18.0 Å². The minimum absolute atomic E-state index is 0.286. The minimum Gasteiger partial charge on any atom is -0.312 e. The van der Waals surface area contributed by atoms with Gasteiger partial charge in [-0.15, -0.1) is 0 Å². The van der Waals surface area contributed by atoms with E-state index in [9.17, 15) is 4.39 Å². The molecule has 0 aliphatic carbocycles. The quantitative estimate of drug-likeness (QED) is 0.867. The zero-order chi connectivity index (χ0) is 14.4. The van der Waals surface area contributed by atoms with Gasteiger partial charge < -0.3 is 10.2 Å². The molecular weight excluding hydrogens is 253 g/mol. The van der Waals surface area contributed by atoms with Crippen molar-refractivity contribution >= 4 is 0 Å². The molecule has 108 valence electrons. The Bertz CT molecular complexity index is 475. The van der Waals surface area contributed by atoms with Gasteiger partial charge in [0.1, 0.15) is 5.82 Å². The van der Waals surface area contributed by atoms with Gasteiger partial charge in [-0.3, -0.25) is 0 Å². The van der Waals surface area contributed by atoms with Gasteiger partial charge in [0, 0.05) is 13.1 Å². The number of hydrogen-bond donors (Lipinski definition) is 1. The summed E-state index contributed by atoms with van der Waals surface area (Å²) in [7, 11) is 0. The van der Waals surface area contributed by atoms with Gasteiger partial charge in [0.05, 0.1) is 11.6 Å². The fraction of sp³-hybridized carbons (Fsp3) is 0.562. The number of benzene rings is 1. The lowest BCUT2D eigenvalue weighted by atomic mass is 10.1. The van der Waals surface area contributed by atoms with E-state index in [1.807, 2.05) is 0 Å². The predicted octanol–water partition coefficient (Wildman–Crippen LogP) is 2.52. The number of likely N-dealkylation sites (tertiary alicyclic amines) is 1. The third-order valence-electron chi connectivity index (χ3n) is 3.76. The maximum absolute atomic E-state index is 13.2. The van der Waals surface area contributed by atoms with Gasteiger partial charge in [0.25, 0.3) is 0 Å². The first kappa shape index (κ1) is 15.0. The lowest BCUT2D eigenvalue weighted by molar-refractivity contribution is 0.282. The smallest absolute Gasteiger partial charge is 0.123 e. The zero-order valence-electron chi connectivity index (χ0n) is 12.0. The number of halogens is 1. The molecule has 20 heavy (non-hydrogen) atoms. The molecule has 1 saturated heterocycles. The maximum Gasteiger partial charge on any atom is 0.123 e. The van der Waals surface area contributed by atoms with E-state index in [4.69, 9.17) is 5.26 Å². The van der Waals surface area contributed by atoms with Gasteiger partial charge in [0.2, 0.25) is 0 Å². The molecule has 0 amide bonds. The second-order valence-electron chi connectivity index (χ2n) is 5.66. The summed E-state index contributed by atoms with van der Waals surface area (Å²) in [5, 5.41) is 12.3. The Balaban J connectivity index is 1.77. The lowest BCUT2D eigenvalue weighted by Crippen LogP contribution is -2.31. The average Bonchev–Trinajstić information content (AvgIpc) is 2.92. The maximum atomic E-state index is 13.2. The monoisotopic (exact) mass is 275 g/mol. The summed E-state index contributed by atoms with van der Waals surface area (Å²) >= 11 is 0. The van der Waals surface area contributed by atoms with Crippen LogP contribution < -0.4 is 5.32 Å². The standard InChI is InChI=1S/C16H22FN3/c1-13(12-20-6-2-3-7-20)10-19-11-15-8-16(17)5-4-14(15)9-18/h4-5,8,13,19H,2-3,6-7,10-12H2,1H3. The van der Waals surface area contributed by atoms with Crippen molar-refractivity contribution in [2.75, 3.05) is 26.2 Å². The first-order chi connectivity index (χ1) is 9.69. The van der Waals surface area contributed by atoms with Crippen molar-refractivity contribution in [1.82, 2.24) is 10.2 Å². The summed E-state index contributed by atoms with van der Waals surface area (Å²) in [4.78, 5) is 2.50. The molecule has 1 atom stereocenters. The average molecular weight is 275 g/mol. The van der Waals surface area contributed by atoms with E-state index in [1.165, 1.54) is 38.1 Å². The van der Waals surface area contributed by atoms with Crippen LogP contribution in [0.15, 0.2) is 18.2 Å². The summed E-state index contributed by atoms with van der Waals surface area (Å²) in [6.45, 7) is 7.20. The Morgan fingerprint density at radius 3 is 2.85 bits per heavy atom. The Hall–Kier alpha value is -1.44. The van der Waals surface area contributed by atoms with Crippen LogP contribution in [0.3, 0.4) is 0 Å². The molecule has 1 aliphatic rings. The van der Waals surface area contributed by atoms with Crippen molar-refractivity contribution in [3.63, 3.8) is 0 Å². The molecule has 3 nitrogen and oxygen atoms in total. The van der Waals surface area contributed by atoms with Gasteiger partial charge >= 0.3 is 0 Å². The van der Waals surface area contributed by atoms with Crippen LogP contribution >= 0.6 is 0 Å². The molecule has 2 rings (SSSR count). The molecule has 0 saturated carbocycles. The van der Waals surface area contributed by atoms with Crippen LogP contribution in [-0.2, 0) is 6.54 Å². The third kappa shape index (κ3) is 4.29. The van der Waals surface area contributed by atoms with E-state index in [1.54, 1.807) is 6.07 Å². The second kappa shape index (κ2) is 7.37. The molecule has 1 aromatic carbocycles. The predicted molar refractivity (Wildman–Crippen MR) is 77.7 cm³/mol. The van der Waals surface area contributed by atoms with E-state index in [0.717, 1.165) is 18.7 Å². The highest BCUT2D eigenvalue weighted by molar-refractivity contribution is 5.37. The molecule has 1 unspecified atom stereocenters. The molecule has 1 N–H and O–H groups in total. The molecule has 0 radical (unpaired) electrons. The SMILES string of the molecule is CC(CNCc1cc(F)ccc1C#N)CN1CCCC1. The van der Waals surface area contributed by atoms with E-state index < -0.39 is 0 Å². The highest BCUT2D eigenvalue weighted by Crippen LogP contribution is 2.12. The fourth-order valence-electron chi connectivity index (χ4n) is 2.74. The van der Waals surface area contributed by atoms with Crippen molar-refractivity contribution in [2.45, 2.75) is 26.3 Å². The topological polar surface area (TPSA) is 39.1 Å². The fourth-order valence-corrected chi connectivity index (χ4v) is 2.74. The summed E-state index contributed by atoms with van der Waals surface area (Å²) in [6, 6.07) is 6.42. The second-order valence-corrected chi connectivity index (χ2v) is 5.66. The molecule has 0 aromatic heterocycles. The van der Waals surface area contributed by atoms with Crippen LogP contribution in [0.25, 0.3) is 0 Å². The van der Waals surface area contributed by atoms with Crippen LogP contribution in [0.4, 0.5) is 4.39 Å². The van der Waals surface area contributed by atoms with Gasteiger partial charge in [-0.2, -0.15) is 5.26 Å². The van der Waals surface area contributed by atoms with E-state index in [2.05, 4.69) is 23.2 Å². The molecular formula is C16H22FN3. The van der Waals surface area contributed by atoms with Crippen molar-refractivity contribution in [3.05, 3.63) is 35.1 Å². The van der Waals surface area contributed by atoms with E-state index >= 15 is 0 Å². The first-order valence-electron chi connectivity index (χ1n) is 7.30. The number of nitrogens with zero attached hydrogens (tertiary/aromatic N) is 2. The summed E-state index contributed by atoms with van der Waals surface area (Å²) in [6.07, 6.45) is 2.63. The summed E-state index contributed by atoms with van der Waals surface area (Å²) in [5.74, 6) is 0.276. The molecule has 1 aromatic rings. The molecule has 1 fully saturated rings. The van der Waals surface area contributed by atoms with Crippen molar-refractivity contribution in [1.29, 1.82) is 5.26 Å². The molecule has 0 bridgehead atoms. The molecule has 4 heteroatoms. The van der Waals surface area contributed by atoms with Gasteiger partial charge in [-0.1, -0.05) is 6.92 Å². The van der Waals surface area contributed by atoms with Gasteiger partial charge in [-0.05, 0) is 62.2 Å². The summed E-state index contributed by atoms with van der Waals surface area (Å²) < 4.78 is 13.2. The van der Waals surface area contributed by atoms with Gasteiger partial charge in [-0.25, -0.2) is 4.39 Å². The number of rotatable bonds is 6.